The minimum absolute atomic E-state index is 0.833. The lowest BCUT2D eigenvalue weighted by molar-refractivity contribution is -0.134. The number of nitrogens with zero attached hydrogens (tertiary/aromatic N) is 4. The first kappa shape index (κ1) is 25.4. The molecule has 2 aliphatic rings. The van der Waals surface area contributed by atoms with Crippen molar-refractivity contribution >= 4 is 34.2 Å². The van der Waals surface area contributed by atoms with E-state index in [1.165, 1.54) is 16.5 Å². The molecule has 4 N–H and O–H groups in total. The topological polar surface area (TPSA) is 119 Å². The number of carboxylic acid groups (broad SMARTS) is 1. The molecule has 202 valence electrons. The lowest BCUT2D eigenvalue weighted by atomic mass is 10.0. The summed E-state index contributed by atoms with van der Waals surface area (Å²) in [7, 11) is 0. The summed E-state index contributed by atoms with van der Waals surface area (Å²) in [6.07, 6.45) is 8.47. The number of fused-ring (bicyclic) bond motifs is 2. The molecular formula is C31H31N7O2. The lowest BCUT2D eigenvalue weighted by Crippen LogP contribution is -2.30. The largest absolute Gasteiger partial charge is 0.481 e. The van der Waals surface area contributed by atoms with Crippen LogP contribution in [0, 0.1) is 0 Å². The molecule has 0 amide bonds. The maximum absolute atomic E-state index is 9.00. The molecule has 5 heterocycles. The number of H-pyrrole nitrogens is 1. The fourth-order valence-electron chi connectivity index (χ4n) is 5.06. The number of hydrogen-bond donors (Lipinski definition) is 4. The number of aliphatic carboxylic acids is 1. The van der Waals surface area contributed by atoms with Crippen LogP contribution in [0.4, 0.5) is 0 Å². The normalized spacial score (nSPS) is 14.9. The van der Waals surface area contributed by atoms with Gasteiger partial charge in [0.15, 0.2) is 0 Å². The number of imidazole rings is 1. The quantitative estimate of drug-likeness (QED) is 0.267. The van der Waals surface area contributed by atoms with Crippen molar-refractivity contribution < 1.29 is 9.90 Å². The van der Waals surface area contributed by atoms with Crippen molar-refractivity contribution in [1.29, 1.82) is 0 Å². The van der Waals surface area contributed by atoms with E-state index in [4.69, 9.17) is 14.9 Å². The van der Waals surface area contributed by atoms with Crippen LogP contribution in [-0.4, -0.2) is 63.3 Å². The first-order valence-corrected chi connectivity index (χ1v) is 13.5. The number of benzene rings is 2. The molecule has 0 saturated carbocycles. The Morgan fingerprint density at radius 2 is 1.45 bits per heavy atom. The Labute approximate surface area is 231 Å². The van der Waals surface area contributed by atoms with Crippen LogP contribution in [0.1, 0.15) is 30.9 Å². The van der Waals surface area contributed by atoms with Gasteiger partial charge in [0.2, 0.25) is 0 Å². The molecule has 9 nitrogen and oxygen atoms in total. The van der Waals surface area contributed by atoms with Crippen molar-refractivity contribution in [2.45, 2.75) is 19.8 Å². The highest BCUT2D eigenvalue weighted by molar-refractivity contribution is 6.04. The van der Waals surface area contributed by atoms with Crippen molar-refractivity contribution in [2.24, 2.45) is 9.98 Å². The van der Waals surface area contributed by atoms with E-state index in [2.05, 4.69) is 103 Å². The van der Waals surface area contributed by atoms with Gasteiger partial charge >= 0.3 is 0 Å². The number of carbonyl (C=O) groups is 1. The average Bonchev–Trinajstić information content (AvgIpc) is 3.62. The molecule has 0 spiro atoms. The van der Waals surface area contributed by atoms with Crippen LogP contribution in [0.3, 0.4) is 0 Å². The number of nitrogens with one attached hydrogen (secondary N) is 3. The van der Waals surface area contributed by atoms with Gasteiger partial charge in [-0.3, -0.25) is 14.8 Å². The first-order chi connectivity index (χ1) is 19.5. The number of amidine groups is 2. The minimum atomic E-state index is -0.833. The monoisotopic (exact) mass is 533 g/mol. The molecule has 0 unspecified atom stereocenters. The molecule has 7 rings (SSSR count). The molecule has 0 saturated heterocycles. The second-order valence-electron chi connectivity index (χ2n) is 9.89. The van der Waals surface area contributed by atoms with Crippen molar-refractivity contribution in [2.75, 3.05) is 26.2 Å². The molecule has 0 aliphatic carbocycles. The highest BCUT2D eigenvalue weighted by Crippen LogP contribution is 2.31. The molecule has 0 bridgehead atoms. The van der Waals surface area contributed by atoms with Crippen molar-refractivity contribution in [1.82, 2.24) is 25.0 Å². The summed E-state index contributed by atoms with van der Waals surface area (Å²) in [5.74, 6) is 1.13. The number of aromatic amines is 1. The average molecular weight is 534 g/mol. The third kappa shape index (κ3) is 5.31. The summed E-state index contributed by atoms with van der Waals surface area (Å²) in [6.45, 7) is 4.82. The second kappa shape index (κ2) is 11.1. The Morgan fingerprint density at radius 3 is 2.12 bits per heavy atom. The van der Waals surface area contributed by atoms with Crippen molar-refractivity contribution in [3.05, 3.63) is 84.3 Å². The summed E-state index contributed by atoms with van der Waals surface area (Å²) in [4.78, 5) is 26.5. The zero-order valence-corrected chi connectivity index (χ0v) is 22.3. The minimum Gasteiger partial charge on any atom is -0.481 e. The van der Waals surface area contributed by atoms with Crippen LogP contribution in [0.25, 0.3) is 38.9 Å². The Hall–Kier alpha value is -4.92. The molecule has 0 atom stereocenters. The molecule has 3 aromatic heterocycles. The van der Waals surface area contributed by atoms with Crippen LogP contribution in [0.2, 0.25) is 0 Å². The Balaban J connectivity index is 0.000000680. The van der Waals surface area contributed by atoms with E-state index >= 15 is 0 Å². The summed E-state index contributed by atoms with van der Waals surface area (Å²) in [6, 6.07) is 19.3. The van der Waals surface area contributed by atoms with Crippen LogP contribution in [0.5, 0.6) is 0 Å². The van der Waals surface area contributed by atoms with Crippen LogP contribution in [0.15, 0.2) is 83.2 Å². The van der Waals surface area contributed by atoms with Gasteiger partial charge in [0.25, 0.3) is 5.97 Å². The number of hydrogen-bond acceptors (Lipinski definition) is 6. The second-order valence-corrected chi connectivity index (χ2v) is 9.89. The van der Waals surface area contributed by atoms with Crippen molar-refractivity contribution in [3.8, 4) is 22.4 Å². The SMILES string of the molecule is CC(=O)O.c1cc2c(-c3ccc(-c4cn5cc(C6=NCCCN6)ccc5n4)cc3)c[nH]c2cc1C1=NCCCN1. The molecule has 0 radical (unpaired) electrons. The van der Waals surface area contributed by atoms with Gasteiger partial charge in [-0.05, 0) is 36.6 Å². The predicted molar refractivity (Wildman–Crippen MR) is 159 cm³/mol. The maximum atomic E-state index is 9.00. The van der Waals surface area contributed by atoms with E-state index in [1.807, 2.05) is 0 Å². The lowest BCUT2D eigenvalue weighted by Gasteiger charge is -2.14. The van der Waals surface area contributed by atoms with Gasteiger partial charge in [0.1, 0.15) is 17.3 Å². The number of aromatic nitrogens is 3. The van der Waals surface area contributed by atoms with Gasteiger partial charge < -0.3 is 25.1 Å². The number of pyridine rings is 1. The number of rotatable bonds is 4. The van der Waals surface area contributed by atoms with E-state index in [9.17, 15) is 0 Å². The standard InChI is InChI=1S/C29H27N7.C2H4O2/c1-11-30-28(31-12-1)21-7-9-23-24(16-34-25(23)15-21)19-3-5-20(6-4-19)26-18-36-17-22(8-10-27(36)35-26)29-32-13-2-14-33-29;1-2(3)4/h3-10,15-18,34H,1-2,11-14H2,(H,30,31)(H,32,33);1H3,(H,3,4). The molecule has 9 heteroatoms. The Morgan fingerprint density at radius 1 is 0.825 bits per heavy atom. The van der Waals surface area contributed by atoms with E-state index < -0.39 is 5.97 Å². The summed E-state index contributed by atoms with van der Waals surface area (Å²) < 4.78 is 2.08. The molecular weight excluding hydrogens is 502 g/mol. The molecule has 2 aromatic carbocycles. The van der Waals surface area contributed by atoms with Crippen molar-refractivity contribution in [3.63, 3.8) is 0 Å². The molecule has 5 aromatic rings. The van der Waals surface area contributed by atoms with Gasteiger partial charge in [0.05, 0.1) is 5.69 Å². The van der Waals surface area contributed by atoms with E-state index in [0.717, 1.165) is 91.2 Å². The van der Waals surface area contributed by atoms with E-state index in [1.54, 1.807) is 0 Å². The first-order valence-electron chi connectivity index (χ1n) is 13.5. The summed E-state index contributed by atoms with van der Waals surface area (Å²) in [5.41, 5.74) is 8.71. The summed E-state index contributed by atoms with van der Waals surface area (Å²) >= 11 is 0. The van der Waals surface area contributed by atoms with Crippen LogP contribution < -0.4 is 10.6 Å². The zero-order valence-electron chi connectivity index (χ0n) is 22.3. The zero-order chi connectivity index (χ0) is 27.5. The van der Waals surface area contributed by atoms with Gasteiger partial charge in [0, 0.05) is 84.9 Å². The number of carboxylic acids is 1. The van der Waals surface area contributed by atoms with Gasteiger partial charge in [-0.15, -0.1) is 0 Å². The van der Waals surface area contributed by atoms with Gasteiger partial charge in [-0.25, -0.2) is 4.98 Å². The highest BCUT2D eigenvalue weighted by Gasteiger charge is 2.13. The third-order valence-electron chi connectivity index (χ3n) is 6.97. The third-order valence-corrected chi connectivity index (χ3v) is 6.97. The fourth-order valence-corrected chi connectivity index (χ4v) is 5.06. The smallest absolute Gasteiger partial charge is 0.300 e. The maximum Gasteiger partial charge on any atom is 0.300 e. The fraction of sp³-hybridized carbons (Fsp3) is 0.226. The Kier molecular flexibility index (Phi) is 7.01. The van der Waals surface area contributed by atoms with Gasteiger partial charge in [-0.1, -0.05) is 36.4 Å². The number of aliphatic imine (C=N–C) groups is 2. The molecule has 0 fully saturated rings. The molecule has 40 heavy (non-hydrogen) atoms. The van der Waals surface area contributed by atoms with Crippen LogP contribution in [-0.2, 0) is 4.79 Å². The highest BCUT2D eigenvalue weighted by atomic mass is 16.4. The molecule has 2 aliphatic heterocycles. The van der Waals surface area contributed by atoms with E-state index in [0.29, 0.717) is 0 Å². The predicted octanol–water partition coefficient (Wildman–Crippen LogP) is 4.72. The summed E-state index contributed by atoms with van der Waals surface area (Å²) in [5, 5.41) is 15.4. The Bertz CT molecular complexity index is 1740. The van der Waals surface area contributed by atoms with Crippen LogP contribution >= 0.6 is 0 Å². The van der Waals surface area contributed by atoms with E-state index in [-0.39, 0.29) is 0 Å². The van der Waals surface area contributed by atoms with Gasteiger partial charge in [-0.2, -0.15) is 0 Å².